The number of benzene rings is 2. The number of nitrogens with one attached hydrogen (secondary N) is 1. The van der Waals surface area contributed by atoms with Crippen molar-refractivity contribution in [3.8, 4) is 11.4 Å². The van der Waals surface area contributed by atoms with E-state index in [1.807, 2.05) is 30.3 Å². The number of aromatic nitrogens is 2. The van der Waals surface area contributed by atoms with Gasteiger partial charge in [0.1, 0.15) is 0 Å². The molecule has 0 unspecified atom stereocenters. The number of hydrogen-bond donors (Lipinski definition) is 1. The zero-order valence-electron chi connectivity index (χ0n) is 13.6. The van der Waals surface area contributed by atoms with E-state index in [9.17, 15) is 18.0 Å². The Morgan fingerprint density at radius 2 is 1.73 bits per heavy atom. The van der Waals surface area contributed by atoms with Gasteiger partial charge in [0.05, 0.1) is 11.6 Å². The Balaban J connectivity index is 1.72. The molecule has 1 aromatic heterocycles. The molecule has 0 fully saturated rings. The molecule has 134 valence electrons. The summed E-state index contributed by atoms with van der Waals surface area (Å²) in [5.74, 6) is -0.786. The molecule has 0 spiro atoms. The topological polar surface area (TPSA) is 68.0 Å². The Hall–Kier alpha value is -3.16. The van der Waals surface area contributed by atoms with Gasteiger partial charge >= 0.3 is 18.0 Å². The molecule has 1 N–H and O–H groups in total. The summed E-state index contributed by atoms with van der Waals surface area (Å²) in [6, 6.07) is 13.3. The predicted molar refractivity (Wildman–Crippen MR) is 87.1 cm³/mol. The van der Waals surface area contributed by atoms with Crippen LogP contribution >= 0.6 is 0 Å². The van der Waals surface area contributed by atoms with Crippen molar-refractivity contribution in [1.29, 1.82) is 0 Å². The molecule has 0 aliphatic heterocycles. The first-order valence-corrected chi connectivity index (χ1v) is 7.72. The molecule has 0 saturated carbocycles. The van der Waals surface area contributed by atoms with E-state index in [4.69, 9.17) is 4.52 Å². The summed E-state index contributed by atoms with van der Waals surface area (Å²) in [5.41, 5.74) is 0.444. The normalized spacial score (nSPS) is 12.6. The highest BCUT2D eigenvalue weighted by Crippen LogP contribution is 2.30. The van der Waals surface area contributed by atoms with Crippen LogP contribution in [-0.2, 0) is 6.18 Å². The lowest BCUT2D eigenvalue weighted by molar-refractivity contribution is -0.137. The lowest BCUT2D eigenvalue weighted by Gasteiger charge is -2.12. The van der Waals surface area contributed by atoms with Crippen molar-refractivity contribution in [2.24, 2.45) is 0 Å². The van der Waals surface area contributed by atoms with Gasteiger partial charge in [-0.15, -0.1) is 0 Å². The minimum atomic E-state index is -4.42. The molecule has 3 aromatic rings. The molecule has 1 atom stereocenters. The molecule has 26 heavy (non-hydrogen) atoms. The van der Waals surface area contributed by atoms with Crippen LogP contribution in [0.4, 0.5) is 13.2 Å². The third kappa shape index (κ3) is 3.90. The molecule has 3 rings (SSSR count). The summed E-state index contributed by atoms with van der Waals surface area (Å²) in [7, 11) is 0. The van der Waals surface area contributed by atoms with Crippen LogP contribution in [0.5, 0.6) is 0 Å². The second-order valence-corrected chi connectivity index (χ2v) is 5.60. The molecule has 1 heterocycles. The molecule has 0 saturated heterocycles. The van der Waals surface area contributed by atoms with Gasteiger partial charge in [-0.05, 0) is 24.6 Å². The van der Waals surface area contributed by atoms with Gasteiger partial charge in [-0.2, -0.15) is 18.2 Å². The van der Waals surface area contributed by atoms with Crippen molar-refractivity contribution >= 4 is 5.91 Å². The number of hydrogen-bond acceptors (Lipinski definition) is 4. The van der Waals surface area contributed by atoms with E-state index in [1.54, 1.807) is 6.92 Å². The van der Waals surface area contributed by atoms with E-state index < -0.39 is 17.6 Å². The van der Waals surface area contributed by atoms with E-state index in [-0.39, 0.29) is 17.8 Å². The van der Waals surface area contributed by atoms with Gasteiger partial charge in [-0.3, -0.25) is 4.79 Å². The lowest BCUT2D eigenvalue weighted by Crippen LogP contribution is -2.26. The Morgan fingerprint density at radius 1 is 1.08 bits per heavy atom. The van der Waals surface area contributed by atoms with E-state index in [0.717, 1.165) is 17.7 Å². The Labute approximate surface area is 146 Å². The van der Waals surface area contributed by atoms with Gasteiger partial charge in [0.2, 0.25) is 5.82 Å². The molecule has 0 aliphatic rings. The smallest absolute Gasteiger partial charge is 0.341 e. The second kappa shape index (κ2) is 6.99. The molecule has 0 bridgehead atoms. The summed E-state index contributed by atoms with van der Waals surface area (Å²) in [6.07, 6.45) is -4.42. The van der Waals surface area contributed by atoms with Crippen molar-refractivity contribution in [1.82, 2.24) is 15.5 Å². The van der Waals surface area contributed by atoms with Gasteiger partial charge in [-0.1, -0.05) is 47.6 Å². The van der Waals surface area contributed by atoms with Crippen LogP contribution in [-0.4, -0.2) is 16.0 Å². The quantitative estimate of drug-likeness (QED) is 0.754. The largest absolute Gasteiger partial charge is 0.416 e. The fourth-order valence-corrected chi connectivity index (χ4v) is 2.32. The molecule has 2 aromatic carbocycles. The fourth-order valence-electron chi connectivity index (χ4n) is 2.32. The number of amides is 1. The van der Waals surface area contributed by atoms with Gasteiger partial charge < -0.3 is 9.84 Å². The molecular formula is C18H14F3N3O2. The monoisotopic (exact) mass is 361 g/mol. The average Bonchev–Trinajstić information content (AvgIpc) is 3.12. The van der Waals surface area contributed by atoms with Crippen LogP contribution in [0.1, 0.15) is 34.8 Å². The van der Waals surface area contributed by atoms with Crippen LogP contribution in [0.2, 0.25) is 0 Å². The summed E-state index contributed by atoms with van der Waals surface area (Å²) in [6.45, 7) is 1.81. The van der Waals surface area contributed by atoms with Crippen LogP contribution in [0.15, 0.2) is 59.1 Å². The van der Waals surface area contributed by atoms with Gasteiger partial charge in [-0.25, -0.2) is 0 Å². The maximum Gasteiger partial charge on any atom is 0.416 e. The van der Waals surface area contributed by atoms with Crippen LogP contribution in [0.3, 0.4) is 0 Å². The van der Waals surface area contributed by atoms with Gasteiger partial charge in [0.15, 0.2) is 0 Å². The minimum Gasteiger partial charge on any atom is -0.341 e. The standard InChI is InChI=1S/C18H14F3N3O2/c1-11(12-5-3-2-4-6-12)22-16(25)17-23-15(24-26-17)13-7-9-14(10-8-13)18(19,20)21/h2-11H,1H3,(H,22,25)/t11-/m1/s1. The number of rotatable bonds is 4. The zero-order chi connectivity index (χ0) is 18.7. The number of halogens is 3. The SMILES string of the molecule is C[C@@H](NC(=O)c1nc(-c2ccc(C(F)(F)F)cc2)no1)c1ccccc1. The Bertz CT molecular complexity index is 890. The molecule has 0 aliphatic carbocycles. The van der Waals surface area contributed by atoms with Crippen LogP contribution in [0, 0.1) is 0 Å². The summed E-state index contributed by atoms with van der Waals surface area (Å²) in [5, 5.41) is 6.37. The van der Waals surface area contributed by atoms with Crippen LogP contribution < -0.4 is 5.32 Å². The zero-order valence-corrected chi connectivity index (χ0v) is 13.6. The second-order valence-electron chi connectivity index (χ2n) is 5.60. The van der Waals surface area contributed by atoms with Crippen molar-refractivity contribution in [2.75, 3.05) is 0 Å². The Morgan fingerprint density at radius 3 is 2.35 bits per heavy atom. The predicted octanol–water partition coefficient (Wildman–Crippen LogP) is 4.25. The average molecular weight is 361 g/mol. The third-order valence-electron chi connectivity index (χ3n) is 3.74. The number of carbonyl (C=O) groups excluding carboxylic acids is 1. The number of nitrogens with zero attached hydrogens (tertiary/aromatic N) is 2. The number of carbonyl (C=O) groups is 1. The first-order valence-electron chi connectivity index (χ1n) is 7.72. The van der Waals surface area contributed by atoms with Crippen molar-refractivity contribution in [2.45, 2.75) is 19.1 Å². The molecule has 8 heteroatoms. The Kier molecular flexibility index (Phi) is 4.75. The first kappa shape index (κ1) is 17.7. The minimum absolute atomic E-state index is 0.0382. The highest BCUT2D eigenvalue weighted by molar-refractivity contribution is 5.90. The third-order valence-corrected chi connectivity index (χ3v) is 3.74. The maximum absolute atomic E-state index is 12.6. The van der Waals surface area contributed by atoms with Crippen molar-refractivity contribution in [3.63, 3.8) is 0 Å². The molecule has 5 nitrogen and oxygen atoms in total. The fraction of sp³-hybridized carbons (Fsp3) is 0.167. The van der Waals surface area contributed by atoms with Crippen LogP contribution in [0.25, 0.3) is 11.4 Å². The summed E-state index contributed by atoms with van der Waals surface area (Å²) < 4.78 is 42.7. The highest BCUT2D eigenvalue weighted by atomic mass is 19.4. The van der Waals surface area contributed by atoms with E-state index in [0.29, 0.717) is 5.56 Å². The van der Waals surface area contributed by atoms with E-state index in [2.05, 4.69) is 15.5 Å². The molecular weight excluding hydrogens is 347 g/mol. The van der Waals surface area contributed by atoms with E-state index in [1.165, 1.54) is 12.1 Å². The number of alkyl halides is 3. The summed E-state index contributed by atoms with van der Waals surface area (Å²) >= 11 is 0. The van der Waals surface area contributed by atoms with Crippen molar-refractivity contribution < 1.29 is 22.5 Å². The highest BCUT2D eigenvalue weighted by Gasteiger charge is 2.30. The molecule has 0 radical (unpaired) electrons. The summed E-state index contributed by atoms with van der Waals surface area (Å²) in [4.78, 5) is 16.2. The molecule has 1 amide bonds. The lowest BCUT2D eigenvalue weighted by atomic mass is 10.1. The maximum atomic E-state index is 12.6. The van der Waals surface area contributed by atoms with E-state index >= 15 is 0 Å². The van der Waals surface area contributed by atoms with Gasteiger partial charge in [0, 0.05) is 5.56 Å². The van der Waals surface area contributed by atoms with Crippen molar-refractivity contribution in [3.05, 3.63) is 71.6 Å². The van der Waals surface area contributed by atoms with Gasteiger partial charge in [0.25, 0.3) is 0 Å². The first-order chi connectivity index (χ1) is 12.3.